The summed E-state index contributed by atoms with van der Waals surface area (Å²) in [4.78, 5) is 16.7. The van der Waals surface area contributed by atoms with Gasteiger partial charge in [-0.15, -0.1) is 0 Å². The highest BCUT2D eigenvalue weighted by Crippen LogP contribution is 2.20. The van der Waals surface area contributed by atoms with Crippen molar-refractivity contribution in [2.24, 2.45) is 0 Å². The third-order valence-corrected chi connectivity index (χ3v) is 4.09. The van der Waals surface area contributed by atoms with Crippen molar-refractivity contribution in [3.05, 3.63) is 41.6 Å². The molecule has 0 aliphatic carbocycles. The first-order valence-corrected chi connectivity index (χ1v) is 8.50. The number of ketones is 1. The Balaban J connectivity index is 2.26. The molecule has 0 bridgehead atoms. The number of hydrogen-bond acceptors (Lipinski definition) is 4. The minimum absolute atomic E-state index is 0.0321. The normalized spacial score (nSPS) is 11.7. The van der Waals surface area contributed by atoms with E-state index in [1.807, 2.05) is 31.2 Å². The van der Waals surface area contributed by atoms with E-state index < -0.39 is 9.84 Å². The number of para-hydroxylation sites is 1. The Labute approximate surface area is 118 Å². The zero-order chi connectivity index (χ0) is 14.8. The number of Topliss-reactive ketones (excluding diaryl/α,β-unsaturated/α-hetero) is 1. The van der Waals surface area contributed by atoms with Crippen LogP contribution < -0.4 is 0 Å². The summed E-state index contributed by atoms with van der Waals surface area (Å²) in [6.07, 6.45) is 1.78. The van der Waals surface area contributed by atoms with Crippen LogP contribution in [0.15, 0.2) is 30.3 Å². The lowest BCUT2D eigenvalue weighted by Crippen LogP contribution is -2.07. The molecule has 0 saturated heterocycles. The second kappa shape index (κ2) is 5.71. The van der Waals surface area contributed by atoms with Crippen molar-refractivity contribution in [1.82, 2.24) is 4.98 Å². The molecule has 0 saturated carbocycles. The molecule has 0 radical (unpaired) electrons. The first-order chi connectivity index (χ1) is 9.37. The summed E-state index contributed by atoms with van der Waals surface area (Å²) in [6, 6.07) is 9.26. The van der Waals surface area contributed by atoms with Crippen LogP contribution in [0.5, 0.6) is 0 Å². The van der Waals surface area contributed by atoms with Crippen LogP contribution in [0.2, 0.25) is 0 Å². The summed E-state index contributed by atoms with van der Waals surface area (Å²) < 4.78 is 22.2. The highest BCUT2D eigenvalue weighted by atomic mass is 32.2. The van der Waals surface area contributed by atoms with Gasteiger partial charge in [0.1, 0.15) is 9.84 Å². The van der Waals surface area contributed by atoms with Crippen molar-refractivity contribution in [3.8, 4) is 0 Å². The van der Waals surface area contributed by atoms with Gasteiger partial charge in [0.25, 0.3) is 0 Å². The predicted octanol–water partition coefficient (Wildman–Crippen LogP) is 2.55. The fraction of sp³-hybridized carbons (Fsp3) is 0.333. The number of pyridine rings is 1. The van der Waals surface area contributed by atoms with Gasteiger partial charge in [-0.2, -0.15) is 0 Å². The first-order valence-electron chi connectivity index (χ1n) is 6.44. The average Bonchev–Trinajstić information content (AvgIpc) is 2.36. The molecule has 1 aromatic carbocycles. The summed E-state index contributed by atoms with van der Waals surface area (Å²) in [6.45, 7) is 1.85. The molecule has 0 unspecified atom stereocenters. The van der Waals surface area contributed by atoms with E-state index in [0.717, 1.165) is 16.6 Å². The average molecular weight is 291 g/mol. The Morgan fingerprint density at radius 2 is 1.95 bits per heavy atom. The number of carbonyl (C=O) groups excluding carboxylic acids is 1. The lowest BCUT2D eigenvalue weighted by molar-refractivity contribution is 0.0983. The number of aryl methyl sites for hydroxylation is 1. The Morgan fingerprint density at radius 3 is 2.65 bits per heavy atom. The maximum Gasteiger partial charge on any atom is 0.163 e. The maximum absolute atomic E-state index is 12.3. The van der Waals surface area contributed by atoms with Gasteiger partial charge in [0.05, 0.1) is 11.3 Å². The van der Waals surface area contributed by atoms with E-state index >= 15 is 0 Å². The third-order valence-electron chi connectivity index (χ3n) is 3.06. The Bertz CT molecular complexity index is 751. The van der Waals surface area contributed by atoms with E-state index in [0.29, 0.717) is 12.0 Å². The van der Waals surface area contributed by atoms with Crippen molar-refractivity contribution in [3.63, 3.8) is 0 Å². The molecule has 0 N–H and O–H groups in total. The fourth-order valence-electron chi connectivity index (χ4n) is 2.17. The summed E-state index contributed by atoms with van der Waals surface area (Å²) in [7, 11) is -3.02. The Hall–Kier alpha value is -1.75. The summed E-state index contributed by atoms with van der Waals surface area (Å²) in [5, 5.41) is 0.822. The highest BCUT2D eigenvalue weighted by Gasteiger charge is 2.12. The quantitative estimate of drug-likeness (QED) is 0.794. The van der Waals surface area contributed by atoms with Gasteiger partial charge in [-0.1, -0.05) is 18.2 Å². The monoisotopic (exact) mass is 291 g/mol. The number of rotatable bonds is 5. The van der Waals surface area contributed by atoms with Crippen LogP contribution in [0.25, 0.3) is 10.9 Å². The number of aromatic nitrogens is 1. The molecular formula is C15H17NO3S. The Kier molecular flexibility index (Phi) is 4.18. The van der Waals surface area contributed by atoms with E-state index in [-0.39, 0.29) is 18.0 Å². The number of nitrogens with zero attached hydrogens (tertiary/aromatic N) is 1. The second-order valence-electron chi connectivity index (χ2n) is 4.98. The Morgan fingerprint density at radius 1 is 1.25 bits per heavy atom. The number of benzene rings is 1. The topological polar surface area (TPSA) is 64.1 Å². The summed E-state index contributed by atoms with van der Waals surface area (Å²) in [5.74, 6) is 0.0103. The predicted molar refractivity (Wildman–Crippen MR) is 79.8 cm³/mol. The fourth-order valence-corrected chi connectivity index (χ4v) is 2.84. The smallest absolute Gasteiger partial charge is 0.163 e. The molecule has 4 nitrogen and oxygen atoms in total. The largest absolute Gasteiger partial charge is 0.294 e. The summed E-state index contributed by atoms with van der Waals surface area (Å²) >= 11 is 0. The second-order valence-corrected chi connectivity index (χ2v) is 7.24. The van der Waals surface area contributed by atoms with Gasteiger partial charge in [-0.3, -0.25) is 9.78 Å². The zero-order valence-electron chi connectivity index (χ0n) is 11.6. The number of hydrogen-bond donors (Lipinski definition) is 0. The van der Waals surface area contributed by atoms with E-state index in [2.05, 4.69) is 4.98 Å². The van der Waals surface area contributed by atoms with Crippen LogP contribution >= 0.6 is 0 Å². The van der Waals surface area contributed by atoms with Crippen molar-refractivity contribution in [1.29, 1.82) is 0 Å². The van der Waals surface area contributed by atoms with Gasteiger partial charge in [-0.25, -0.2) is 8.42 Å². The van der Waals surface area contributed by atoms with Crippen LogP contribution in [0, 0.1) is 6.92 Å². The molecule has 1 aromatic heterocycles. The molecule has 0 fully saturated rings. The van der Waals surface area contributed by atoms with E-state index in [9.17, 15) is 13.2 Å². The van der Waals surface area contributed by atoms with Gasteiger partial charge in [0, 0.05) is 29.3 Å². The molecule has 0 aliphatic heterocycles. The molecule has 0 atom stereocenters. The molecule has 0 aliphatic rings. The number of carbonyl (C=O) groups is 1. The van der Waals surface area contributed by atoms with Crippen LogP contribution in [-0.4, -0.2) is 31.2 Å². The van der Waals surface area contributed by atoms with Crippen LogP contribution in [0.3, 0.4) is 0 Å². The lowest BCUT2D eigenvalue weighted by atomic mass is 10.0. The minimum atomic E-state index is -3.02. The summed E-state index contributed by atoms with van der Waals surface area (Å²) in [5.41, 5.74) is 2.20. The van der Waals surface area contributed by atoms with E-state index in [1.54, 1.807) is 6.07 Å². The maximum atomic E-state index is 12.3. The van der Waals surface area contributed by atoms with Gasteiger partial charge < -0.3 is 0 Å². The molecule has 0 spiro atoms. The van der Waals surface area contributed by atoms with Gasteiger partial charge >= 0.3 is 0 Å². The zero-order valence-corrected chi connectivity index (χ0v) is 12.4. The number of fused-ring (bicyclic) bond motifs is 1. The van der Waals surface area contributed by atoms with Crippen LogP contribution in [0.4, 0.5) is 0 Å². The number of sulfone groups is 1. The van der Waals surface area contributed by atoms with Crippen molar-refractivity contribution < 1.29 is 13.2 Å². The van der Waals surface area contributed by atoms with Gasteiger partial charge in [-0.05, 0) is 25.5 Å². The highest BCUT2D eigenvalue weighted by molar-refractivity contribution is 7.90. The molecule has 1 heterocycles. The van der Waals surface area contributed by atoms with Gasteiger partial charge in [0.2, 0.25) is 0 Å². The molecule has 2 aromatic rings. The molecular weight excluding hydrogens is 274 g/mol. The van der Waals surface area contributed by atoms with Gasteiger partial charge in [0.15, 0.2) is 5.78 Å². The third kappa shape index (κ3) is 3.63. The van der Waals surface area contributed by atoms with E-state index in [4.69, 9.17) is 0 Å². The van der Waals surface area contributed by atoms with E-state index in [1.165, 1.54) is 6.26 Å². The minimum Gasteiger partial charge on any atom is -0.294 e. The van der Waals surface area contributed by atoms with Crippen molar-refractivity contribution in [2.45, 2.75) is 19.8 Å². The first kappa shape index (κ1) is 14.7. The molecule has 106 valence electrons. The molecule has 0 amide bonds. The van der Waals surface area contributed by atoms with Crippen LogP contribution in [0.1, 0.15) is 28.9 Å². The lowest BCUT2D eigenvalue weighted by Gasteiger charge is -2.07. The molecule has 20 heavy (non-hydrogen) atoms. The standard InChI is InChI=1S/C15H17NO3S/c1-11-10-13(12-6-3-4-7-14(12)16-11)15(17)8-5-9-20(2,18)19/h3-4,6-7,10H,5,8-9H2,1-2H3. The van der Waals surface area contributed by atoms with Crippen LogP contribution in [-0.2, 0) is 9.84 Å². The SMILES string of the molecule is Cc1cc(C(=O)CCCS(C)(=O)=O)c2ccccc2n1. The van der Waals surface area contributed by atoms with Crippen molar-refractivity contribution >= 4 is 26.5 Å². The van der Waals surface area contributed by atoms with Crippen molar-refractivity contribution in [2.75, 3.05) is 12.0 Å². The molecule has 2 rings (SSSR count). The molecule has 5 heteroatoms.